The molecule has 1 aliphatic carbocycles. The Kier molecular flexibility index (Phi) is 4.18. The first-order chi connectivity index (χ1) is 6.24. The van der Waals surface area contributed by atoms with E-state index in [0.717, 1.165) is 0 Å². The number of ether oxygens (including phenoxy) is 1. The van der Waals surface area contributed by atoms with Crippen LogP contribution in [0.25, 0.3) is 0 Å². The Morgan fingerprint density at radius 1 is 1.62 bits per heavy atom. The highest BCUT2D eigenvalue weighted by Crippen LogP contribution is 2.17. The van der Waals surface area contributed by atoms with E-state index < -0.39 is 0 Å². The van der Waals surface area contributed by atoms with Gasteiger partial charge in [0.1, 0.15) is 0 Å². The van der Waals surface area contributed by atoms with Crippen LogP contribution < -0.4 is 5.32 Å². The molecule has 0 spiro atoms. The summed E-state index contributed by atoms with van der Waals surface area (Å²) in [6.07, 6.45) is 2.43. The van der Waals surface area contributed by atoms with E-state index in [-0.39, 0.29) is 5.91 Å². The lowest BCUT2D eigenvalue weighted by molar-refractivity contribution is -0.129. The molecule has 0 radical (unpaired) electrons. The number of amides is 1. The predicted octanol–water partition coefficient (Wildman–Crippen LogP) is -0.157. The van der Waals surface area contributed by atoms with Gasteiger partial charge >= 0.3 is 0 Å². The summed E-state index contributed by atoms with van der Waals surface area (Å²) in [5.41, 5.74) is 0. The van der Waals surface area contributed by atoms with Crippen molar-refractivity contribution >= 4 is 5.91 Å². The molecule has 1 aliphatic rings. The van der Waals surface area contributed by atoms with Crippen molar-refractivity contribution < 1.29 is 9.53 Å². The zero-order chi connectivity index (χ0) is 9.68. The molecule has 0 atom stereocenters. The molecule has 0 bridgehead atoms. The van der Waals surface area contributed by atoms with Crippen molar-refractivity contribution in [1.82, 2.24) is 10.2 Å². The molecule has 0 aromatic heterocycles. The maximum Gasteiger partial charge on any atom is 0.236 e. The van der Waals surface area contributed by atoms with Crippen molar-refractivity contribution in [3.8, 4) is 0 Å². The summed E-state index contributed by atoms with van der Waals surface area (Å²) in [7, 11) is 3.44. The second-order valence-corrected chi connectivity index (χ2v) is 3.46. The van der Waals surface area contributed by atoms with Crippen molar-refractivity contribution in [2.75, 3.05) is 33.9 Å². The van der Waals surface area contributed by atoms with Gasteiger partial charge in [0.15, 0.2) is 0 Å². The lowest BCUT2D eigenvalue weighted by atomic mass is 10.4. The van der Waals surface area contributed by atoms with E-state index in [1.807, 2.05) is 0 Å². The average Bonchev–Trinajstić information content (AvgIpc) is 2.93. The zero-order valence-electron chi connectivity index (χ0n) is 8.38. The number of hydrogen-bond donors (Lipinski definition) is 1. The number of hydrogen-bond acceptors (Lipinski definition) is 3. The van der Waals surface area contributed by atoms with Crippen LogP contribution in [0.1, 0.15) is 12.8 Å². The lowest BCUT2D eigenvalue weighted by Crippen LogP contribution is -2.37. The molecule has 0 aliphatic heterocycles. The van der Waals surface area contributed by atoms with Gasteiger partial charge in [-0.15, -0.1) is 0 Å². The highest BCUT2D eigenvalue weighted by molar-refractivity contribution is 5.78. The summed E-state index contributed by atoms with van der Waals surface area (Å²) in [6, 6.07) is 0.597. The predicted molar refractivity (Wildman–Crippen MR) is 50.5 cm³/mol. The summed E-state index contributed by atoms with van der Waals surface area (Å²) in [5.74, 6) is 0.143. The molecule has 0 aromatic rings. The third-order valence-corrected chi connectivity index (χ3v) is 2.18. The van der Waals surface area contributed by atoms with Crippen molar-refractivity contribution in [2.45, 2.75) is 18.9 Å². The van der Waals surface area contributed by atoms with Crippen LogP contribution in [0.3, 0.4) is 0 Å². The van der Waals surface area contributed by atoms with Crippen LogP contribution in [-0.4, -0.2) is 50.7 Å². The molecular weight excluding hydrogens is 168 g/mol. The Hall–Kier alpha value is -0.610. The van der Waals surface area contributed by atoms with Crippen LogP contribution in [0.2, 0.25) is 0 Å². The molecule has 0 saturated heterocycles. The summed E-state index contributed by atoms with van der Waals surface area (Å²) in [5, 5.41) is 3.18. The molecule has 13 heavy (non-hydrogen) atoms. The molecule has 1 N–H and O–H groups in total. The standard InChI is InChI=1S/C9H18N2O2/c1-11(5-6-13-2)9(12)7-10-8-3-4-8/h8,10H,3-7H2,1-2H3. The number of nitrogens with zero attached hydrogens (tertiary/aromatic N) is 1. The molecule has 0 heterocycles. The maximum absolute atomic E-state index is 11.4. The average molecular weight is 186 g/mol. The fourth-order valence-corrected chi connectivity index (χ4v) is 1.01. The van der Waals surface area contributed by atoms with E-state index in [4.69, 9.17) is 4.74 Å². The molecule has 4 nitrogen and oxygen atoms in total. The van der Waals surface area contributed by atoms with E-state index in [1.165, 1.54) is 12.8 Å². The quantitative estimate of drug-likeness (QED) is 0.627. The molecular formula is C9H18N2O2. The third-order valence-electron chi connectivity index (χ3n) is 2.18. The second-order valence-electron chi connectivity index (χ2n) is 3.46. The van der Waals surface area contributed by atoms with Gasteiger partial charge in [0.05, 0.1) is 13.2 Å². The van der Waals surface area contributed by atoms with Gasteiger partial charge in [-0.3, -0.25) is 4.79 Å². The summed E-state index contributed by atoms with van der Waals surface area (Å²) in [4.78, 5) is 13.1. The van der Waals surface area contributed by atoms with Gasteiger partial charge in [0.2, 0.25) is 5.91 Å². The number of carbonyl (C=O) groups excluding carboxylic acids is 1. The first-order valence-corrected chi connectivity index (χ1v) is 4.70. The molecule has 4 heteroatoms. The third kappa shape index (κ3) is 4.24. The summed E-state index contributed by atoms with van der Waals surface area (Å²) in [6.45, 7) is 1.73. The smallest absolute Gasteiger partial charge is 0.236 e. The normalized spacial score (nSPS) is 15.8. The van der Waals surface area contributed by atoms with Gasteiger partial charge in [0.25, 0.3) is 0 Å². The van der Waals surface area contributed by atoms with E-state index in [2.05, 4.69) is 5.32 Å². The van der Waals surface area contributed by atoms with Gasteiger partial charge in [0, 0.05) is 26.7 Å². The number of rotatable bonds is 6. The van der Waals surface area contributed by atoms with Crippen LogP contribution in [-0.2, 0) is 9.53 Å². The minimum atomic E-state index is 0.143. The minimum Gasteiger partial charge on any atom is -0.383 e. The highest BCUT2D eigenvalue weighted by atomic mass is 16.5. The van der Waals surface area contributed by atoms with Crippen molar-refractivity contribution in [2.24, 2.45) is 0 Å². The second kappa shape index (κ2) is 5.19. The molecule has 1 amide bonds. The highest BCUT2D eigenvalue weighted by Gasteiger charge is 2.21. The van der Waals surface area contributed by atoms with Gasteiger partial charge in [-0.05, 0) is 12.8 Å². The first-order valence-electron chi connectivity index (χ1n) is 4.70. The lowest BCUT2D eigenvalue weighted by Gasteiger charge is -2.16. The number of likely N-dealkylation sites (N-methyl/N-ethyl adjacent to an activating group) is 1. The van der Waals surface area contributed by atoms with Crippen molar-refractivity contribution in [1.29, 1.82) is 0 Å². The molecule has 76 valence electrons. The van der Waals surface area contributed by atoms with Crippen LogP contribution in [0.5, 0.6) is 0 Å². The largest absolute Gasteiger partial charge is 0.383 e. The van der Waals surface area contributed by atoms with Crippen LogP contribution in [0.15, 0.2) is 0 Å². The van der Waals surface area contributed by atoms with Crippen LogP contribution >= 0.6 is 0 Å². The monoisotopic (exact) mass is 186 g/mol. The fourth-order valence-electron chi connectivity index (χ4n) is 1.01. The Morgan fingerprint density at radius 2 is 2.31 bits per heavy atom. The fraction of sp³-hybridized carbons (Fsp3) is 0.889. The number of methoxy groups -OCH3 is 1. The minimum absolute atomic E-state index is 0.143. The molecule has 0 unspecified atom stereocenters. The van der Waals surface area contributed by atoms with Gasteiger partial charge in [-0.25, -0.2) is 0 Å². The Balaban J connectivity index is 2.05. The van der Waals surface area contributed by atoms with E-state index in [0.29, 0.717) is 25.7 Å². The van der Waals surface area contributed by atoms with E-state index >= 15 is 0 Å². The SMILES string of the molecule is COCCN(C)C(=O)CNC1CC1. The van der Waals surface area contributed by atoms with Gasteiger partial charge < -0.3 is 15.0 Å². The molecule has 1 saturated carbocycles. The summed E-state index contributed by atoms with van der Waals surface area (Å²) >= 11 is 0. The van der Waals surface area contributed by atoms with Gasteiger partial charge in [-0.1, -0.05) is 0 Å². The molecule has 1 rings (SSSR count). The molecule has 1 fully saturated rings. The first kappa shape index (κ1) is 10.5. The summed E-state index contributed by atoms with van der Waals surface area (Å²) < 4.78 is 4.89. The Morgan fingerprint density at radius 3 is 2.85 bits per heavy atom. The molecule has 0 aromatic carbocycles. The van der Waals surface area contributed by atoms with E-state index in [1.54, 1.807) is 19.1 Å². The Labute approximate surface area is 79.2 Å². The number of nitrogens with one attached hydrogen (secondary N) is 1. The Bertz CT molecular complexity index is 169. The van der Waals surface area contributed by atoms with Crippen molar-refractivity contribution in [3.63, 3.8) is 0 Å². The van der Waals surface area contributed by atoms with Crippen molar-refractivity contribution in [3.05, 3.63) is 0 Å². The van der Waals surface area contributed by atoms with Crippen LogP contribution in [0, 0.1) is 0 Å². The maximum atomic E-state index is 11.4. The van der Waals surface area contributed by atoms with Crippen LogP contribution in [0.4, 0.5) is 0 Å². The van der Waals surface area contributed by atoms with E-state index in [9.17, 15) is 4.79 Å². The number of carbonyl (C=O) groups is 1. The topological polar surface area (TPSA) is 41.6 Å². The zero-order valence-corrected chi connectivity index (χ0v) is 8.38. The van der Waals surface area contributed by atoms with Gasteiger partial charge in [-0.2, -0.15) is 0 Å².